The fourth-order valence-corrected chi connectivity index (χ4v) is 4.31. The summed E-state index contributed by atoms with van der Waals surface area (Å²) >= 11 is 1.22. The van der Waals surface area contributed by atoms with E-state index in [1.54, 1.807) is 31.4 Å². The van der Waals surface area contributed by atoms with E-state index in [-0.39, 0.29) is 27.3 Å². The van der Waals surface area contributed by atoms with Crippen molar-refractivity contribution in [3.63, 3.8) is 0 Å². The van der Waals surface area contributed by atoms with Crippen LogP contribution < -0.4 is 10.3 Å². The maximum absolute atomic E-state index is 12.5. The van der Waals surface area contributed by atoms with Gasteiger partial charge < -0.3 is 14.3 Å². The molecule has 3 aromatic carbocycles. The molecule has 6 nitrogen and oxygen atoms in total. The van der Waals surface area contributed by atoms with Gasteiger partial charge in [0.15, 0.2) is 5.09 Å². The van der Waals surface area contributed by atoms with Crippen molar-refractivity contribution in [2.24, 2.45) is 4.99 Å². The molecule has 0 aliphatic heterocycles. The van der Waals surface area contributed by atoms with Gasteiger partial charge in [-0.15, -0.1) is 0 Å². The molecule has 0 unspecified atom stereocenters. The van der Waals surface area contributed by atoms with Crippen molar-refractivity contribution in [2.45, 2.75) is 9.99 Å². The van der Waals surface area contributed by atoms with Crippen molar-refractivity contribution < 1.29 is 19.1 Å². The molecule has 0 fully saturated rings. The van der Waals surface area contributed by atoms with Crippen LogP contribution in [0.25, 0.3) is 16.8 Å². The lowest BCUT2D eigenvalue weighted by molar-refractivity contribution is 0.0691. The molecule has 1 N–H and O–H groups in total. The van der Waals surface area contributed by atoms with Crippen LogP contribution in [-0.4, -0.2) is 18.2 Å². The molecule has 0 aliphatic rings. The van der Waals surface area contributed by atoms with Gasteiger partial charge in [-0.3, -0.25) is 0 Å². The minimum Gasteiger partial charge on any atom is -0.497 e. The maximum atomic E-state index is 12.5. The minimum atomic E-state index is -1.27. The fourth-order valence-electron chi connectivity index (χ4n) is 3.43. The number of hydrogen-bond donors (Lipinski definition) is 1. The monoisotopic (exact) mass is 480 g/mol. The van der Waals surface area contributed by atoms with Crippen molar-refractivity contribution in [3.8, 4) is 22.9 Å². The molecule has 0 radical (unpaired) electrons. The first kappa shape index (κ1) is 23.6. The number of nitrogens with zero attached hydrogens (tertiary/aromatic N) is 2. The maximum Gasteiger partial charge on any atom is 0.341 e. The van der Waals surface area contributed by atoms with E-state index in [9.17, 15) is 15.2 Å². The van der Waals surface area contributed by atoms with E-state index in [0.717, 1.165) is 4.90 Å². The van der Waals surface area contributed by atoms with Gasteiger partial charge in [-0.2, -0.15) is 5.26 Å². The van der Waals surface area contributed by atoms with Crippen molar-refractivity contribution in [1.82, 2.24) is 0 Å². The number of ether oxygens (including phenoxy) is 1. The summed E-state index contributed by atoms with van der Waals surface area (Å²) in [6.07, 6.45) is 0. The molecule has 4 rings (SSSR count). The number of benzene rings is 3. The lowest BCUT2D eigenvalue weighted by Crippen LogP contribution is -2.19. The number of rotatable bonds is 7. The summed E-state index contributed by atoms with van der Waals surface area (Å²) in [6, 6.07) is 27.5. The van der Waals surface area contributed by atoms with Crippen LogP contribution in [0.15, 0.2) is 111 Å². The van der Waals surface area contributed by atoms with Gasteiger partial charge >= 0.3 is 5.97 Å². The predicted octanol–water partition coefficient (Wildman–Crippen LogP) is 6.25. The SMILES string of the molecule is C=C(N=c1oc(Sc2ccccc2)c(C#N)c(-c2ccc(OC)cc2)c1C(=O)O)c1ccccc1. The van der Waals surface area contributed by atoms with Crippen LogP contribution in [0, 0.1) is 11.3 Å². The minimum absolute atomic E-state index is 0.102. The van der Waals surface area contributed by atoms with Crippen LogP contribution in [0.3, 0.4) is 0 Å². The van der Waals surface area contributed by atoms with Gasteiger partial charge in [-0.25, -0.2) is 9.79 Å². The number of carboxylic acids is 1. The third kappa shape index (κ3) is 5.18. The largest absolute Gasteiger partial charge is 0.497 e. The van der Waals surface area contributed by atoms with Gasteiger partial charge in [0.25, 0.3) is 0 Å². The molecule has 0 saturated carbocycles. The summed E-state index contributed by atoms with van der Waals surface area (Å²) in [5.74, 6) is -0.669. The highest BCUT2D eigenvalue weighted by Gasteiger charge is 2.25. The molecule has 172 valence electrons. The summed E-state index contributed by atoms with van der Waals surface area (Å²) < 4.78 is 11.2. The van der Waals surface area contributed by atoms with Crippen LogP contribution in [0.4, 0.5) is 0 Å². The number of methoxy groups -OCH3 is 1. The van der Waals surface area contributed by atoms with E-state index in [4.69, 9.17) is 9.15 Å². The van der Waals surface area contributed by atoms with Crippen molar-refractivity contribution >= 4 is 23.4 Å². The zero-order chi connectivity index (χ0) is 24.8. The Bertz CT molecular complexity index is 1490. The molecule has 1 aromatic heterocycles. The number of hydrogen-bond acceptors (Lipinski definition) is 6. The van der Waals surface area contributed by atoms with E-state index in [1.165, 1.54) is 11.8 Å². The molecule has 0 atom stereocenters. The summed E-state index contributed by atoms with van der Waals surface area (Å²) in [5.41, 5.74) is 1.52. The van der Waals surface area contributed by atoms with Gasteiger partial charge in [-0.1, -0.05) is 79.0 Å². The molecule has 35 heavy (non-hydrogen) atoms. The second-order valence-electron chi connectivity index (χ2n) is 7.30. The first-order valence-corrected chi connectivity index (χ1v) is 11.3. The molecule has 0 bridgehead atoms. The normalized spacial score (nSPS) is 11.0. The zero-order valence-electron chi connectivity index (χ0n) is 18.8. The number of nitriles is 1. The highest BCUT2D eigenvalue weighted by molar-refractivity contribution is 7.99. The topological polar surface area (TPSA) is 95.8 Å². The first-order valence-electron chi connectivity index (χ1n) is 10.5. The molecule has 7 heteroatoms. The van der Waals surface area contributed by atoms with E-state index in [0.29, 0.717) is 22.6 Å². The van der Waals surface area contributed by atoms with E-state index < -0.39 is 5.97 Å². The third-order valence-corrected chi connectivity index (χ3v) is 6.09. The van der Waals surface area contributed by atoms with Crippen molar-refractivity contribution in [3.05, 3.63) is 114 Å². The Balaban J connectivity index is 2.03. The van der Waals surface area contributed by atoms with Gasteiger partial charge in [0.1, 0.15) is 22.9 Å². The van der Waals surface area contributed by atoms with Crippen LogP contribution in [0.5, 0.6) is 5.75 Å². The van der Waals surface area contributed by atoms with Crippen LogP contribution in [0.1, 0.15) is 21.5 Å². The van der Waals surface area contributed by atoms with Crippen molar-refractivity contribution in [1.29, 1.82) is 5.26 Å². The molecule has 0 aliphatic carbocycles. The molecular formula is C28H20N2O4S. The highest BCUT2D eigenvalue weighted by Crippen LogP contribution is 2.36. The van der Waals surface area contributed by atoms with E-state index in [1.807, 2.05) is 60.7 Å². The third-order valence-electron chi connectivity index (χ3n) is 5.11. The molecule has 1 heterocycles. The van der Waals surface area contributed by atoms with Gasteiger partial charge in [0.05, 0.1) is 12.8 Å². The lowest BCUT2D eigenvalue weighted by atomic mass is 9.97. The molecule has 4 aromatic rings. The second-order valence-corrected chi connectivity index (χ2v) is 8.35. The molecular weight excluding hydrogens is 460 g/mol. The Morgan fingerprint density at radius 3 is 2.23 bits per heavy atom. The predicted molar refractivity (Wildman–Crippen MR) is 134 cm³/mol. The van der Waals surface area contributed by atoms with Gasteiger partial charge in [-0.05, 0) is 35.4 Å². The summed E-state index contributed by atoms with van der Waals surface area (Å²) in [7, 11) is 1.54. The Labute approximate surface area is 206 Å². The number of aromatic carboxylic acids is 1. The van der Waals surface area contributed by atoms with Crippen molar-refractivity contribution in [2.75, 3.05) is 7.11 Å². The number of carboxylic acid groups (broad SMARTS) is 1. The second kappa shape index (κ2) is 10.6. The van der Waals surface area contributed by atoms with E-state index >= 15 is 0 Å². The van der Waals surface area contributed by atoms with Gasteiger partial charge in [0.2, 0.25) is 5.55 Å². The van der Waals surface area contributed by atoms with Crippen LogP contribution in [-0.2, 0) is 0 Å². The highest BCUT2D eigenvalue weighted by atomic mass is 32.2. The standard InChI is InChI=1S/C28H20N2O4S/c1-18(19-9-5-3-6-10-19)30-26-25(27(31)32)24(20-13-15-21(33-2)16-14-20)23(17-29)28(34-26)35-22-11-7-4-8-12-22/h3-16H,1H2,2H3,(H,31,32). The first-order chi connectivity index (χ1) is 17.0. The quantitative estimate of drug-likeness (QED) is 0.336. The Hall–Kier alpha value is -4.54. The smallest absolute Gasteiger partial charge is 0.341 e. The zero-order valence-corrected chi connectivity index (χ0v) is 19.6. The molecule has 0 amide bonds. The average Bonchev–Trinajstić information content (AvgIpc) is 2.89. The lowest BCUT2D eigenvalue weighted by Gasteiger charge is -2.13. The summed E-state index contributed by atoms with van der Waals surface area (Å²) in [6.45, 7) is 3.99. The van der Waals surface area contributed by atoms with Gasteiger partial charge in [0, 0.05) is 10.5 Å². The summed E-state index contributed by atoms with van der Waals surface area (Å²) in [4.78, 5) is 17.8. The Morgan fingerprint density at radius 2 is 1.66 bits per heavy atom. The fraction of sp³-hybridized carbons (Fsp3) is 0.0357. The Kier molecular flexibility index (Phi) is 7.15. The van der Waals surface area contributed by atoms with E-state index in [2.05, 4.69) is 17.6 Å². The summed E-state index contributed by atoms with van der Waals surface area (Å²) in [5, 5.41) is 20.5. The van der Waals surface area contributed by atoms with Crippen LogP contribution >= 0.6 is 11.8 Å². The molecule has 0 saturated heterocycles. The Morgan fingerprint density at radius 1 is 1.03 bits per heavy atom. The number of carbonyl (C=O) groups is 1. The van der Waals surface area contributed by atoms with Crippen LogP contribution in [0.2, 0.25) is 0 Å². The average molecular weight is 481 g/mol. The molecule has 0 spiro atoms.